The van der Waals surface area contributed by atoms with Gasteiger partial charge in [-0.3, -0.25) is 4.40 Å². The van der Waals surface area contributed by atoms with E-state index in [2.05, 4.69) is 15.1 Å². The molecule has 8 nitrogen and oxygen atoms in total. The van der Waals surface area contributed by atoms with Gasteiger partial charge in [-0.2, -0.15) is 4.98 Å². The molecule has 0 aromatic carbocycles. The van der Waals surface area contributed by atoms with Crippen LogP contribution < -0.4 is 0 Å². The van der Waals surface area contributed by atoms with Gasteiger partial charge in [-0.1, -0.05) is 5.16 Å². The highest BCUT2D eigenvalue weighted by molar-refractivity contribution is 5.95. The van der Waals surface area contributed by atoms with Gasteiger partial charge in [0.2, 0.25) is 12.2 Å². The number of pyridine rings is 1. The molecular formula is C14H8N4O4. The second kappa shape index (κ2) is 4.55. The predicted octanol–water partition coefficient (Wildman–Crippen LogP) is 2.34. The van der Waals surface area contributed by atoms with Crippen molar-refractivity contribution >= 4 is 11.6 Å². The first-order chi connectivity index (χ1) is 10.8. The number of carbonyl (C=O) groups is 1. The lowest BCUT2D eigenvalue weighted by Crippen LogP contribution is -1.99. The molecule has 0 bridgehead atoms. The van der Waals surface area contributed by atoms with Crippen LogP contribution in [0, 0.1) is 0 Å². The van der Waals surface area contributed by atoms with Gasteiger partial charge in [-0.05, 0) is 18.2 Å². The van der Waals surface area contributed by atoms with E-state index in [-0.39, 0.29) is 5.69 Å². The Bertz CT molecular complexity index is 954. The highest BCUT2D eigenvalue weighted by Gasteiger charge is 2.23. The van der Waals surface area contributed by atoms with Gasteiger partial charge >= 0.3 is 5.97 Å². The Labute approximate surface area is 122 Å². The van der Waals surface area contributed by atoms with Crippen molar-refractivity contribution in [3.8, 4) is 22.6 Å². The summed E-state index contributed by atoms with van der Waals surface area (Å²) in [7, 11) is 0. The Morgan fingerprint density at radius 1 is 1.32 bits per heavy atom. The van der Waals surface area contributed by atoms with E-state index in [4.69, 9.17) is 8.94 Å². The number of nitrogens with zero attached hydrogens (tertiary/aromatic N) is 4. The normalized spacial score (nSPS) is 11.1. The molecule has 4 aromatic heterocycles. The molecule has 108 valence electrons. The molecule has 8 heteroatoms. The fraction of sp³-hybridized carbons (Fsp3) is 0. The quantitative estimate of drug-likeness (QED) is 0.618. The molecule has 0 fully saturated rings. The number of hydrogen-bond donors (Lipinski definition) is 1. The van der Waals surface area contributed by atoms with E-state index in [1.165, 1.54) is 18.9 Å². The largest absolute Gasteiger partial charge is 0.476 e. The third-order valence-corrected chi connectivity index (χ3v) is 3.25. The number of carboxylic acid groups (broad SMARTS) is 1. The Kier molecular flexibility index (Phi) is 2.55. The highest BCUT2D eigenvalue weighted by Crippen LogP contribution is 2.29. The SMILES string of the molecule is O=C(O)c1nc2c(-c3ncon3)cccn2c1-c1ccoc1. The zero-order chi connectivity index (χ0) is 15.1. The van der Waals surface area contributed by atoms with Crippen LogP contribution in [0.25, 0.3) is 28.3 Å². The molecule has 1 N–H and O–H groups in total. The lowest BCUT2D eigenvalue weighted by Gasteiger charge is -2.01. The summed E-state index contributed by atoms with van der Waals surface area (Å²) < 4.78 is 11.5. The van der Waals surface area contributed by atoms with Gasteiger partial charge in [-0.15, -0.1) is 0 Å². The number of rotatable bonds is 3. The van der Waals surface area contributed by atoms with Crippen molar-refractivity contribution in [1.29, 1.82) is 0 Å². The minimum absolute atomic E-state index is 0.0719. The van der Waals surface area contributed by atoms with Crippen LogP contribution in [0.1, 0.15) is 10.5 Å². The maximum atomic E-state index is 11.5. The van der Waals surface area contributed by atoms with Gasteiger partial charge in [-0.25, -0.2) is 9.78 Å². The molecular weight excluding hydrogens is 288 g/mol. The fourth-order valence-electron chi connectivity index (χ4n) is 2.36. The van der Waals surface area contributed by atoms with E-state index in [1.807, 2.05) is 0 Å². The minimum atomic E-state index is -1.13. The van der Waals surface area contributed by atoms with Crippen LogP contribution in [0.15, 0.2) is 52.3 Å². The molecule has 4 heterocycles. The summed E-state index contributed by atoms with van der Waals surface area (Å²) in [6.07, 6.45) is 5.87. The van der Waals surface area contributed by atoms with Crippen molar-refractivity contribution < 1.29 is 18.8 Å². The number of furan rings is 1. The topological polar surface area (TPSA) is 107 Å². The van der Waals surface area contributed by atoms with Crippen molar-refractivity contribution in [3.05, 3.63) is 49.0 Å². The molecule has 0 saturated carbocycles. The van der Waals surface area contributed by atoms with Crippen LogP contribution >= 0.6 is 0 Å². The molecule has 0 aliphatic rings. The van der Waals surface area contributed by atoms with Crippen molar-refractivity contribution in [2.45, 2.75) is 0 Å². The molecule has 0 amide bonds. The third-order valence-electron chi connectivity index (χ3n) is 3.25. The number of hydrogen-bond acceptors (Lipinski definition) is 6. The molecule has 0 spiro atoms. The van der Waals surface area contributed by atoms with E-state index in [9.17, 15) is 9.90 Å². The first-order valence-corrected chi connectivity index (χ1v) is 6.29. The van der Waals surface area contributed by atoms with E-state index in [0.29, 0.717) is 28.3 Å². The molecule has 0 radical (unpaired) electrons. The number of aromatic carboxylic acids is 1. The first kappa shape index (κ1) is 12.3. The summed E-state index contributed by atoms with van der Waals surface area (Å²) in [5.74, 6) is -0.787. The smallest absolute Gasteiger partial charge is 0.356 e. The second-order valence-electron chi connectivity index (χ2n) is 4.50. The number of fused-ring (bicyclic) bond motifs is 1. The molecule has 0 aliphatic carbocycles. The summed E-state index contributed by atoms with van der Waals surface area (Å²) in [6, 6.07) is 5.18. The van der Waals surface area contributed by atoms with E-state index >= 15 is 0 Å². The molecule has 4 rings (SSSR count). The van der Waals surface area contributed by atoms with Crippen LogP contribution in [0.4, 0.5) is 0 Å². The lowest BCUT2D eigenvalue weighted by molar-refractivity contribution is 0.0692. The number of aromatic nitrogens is 4. The minimum Gasteiger partial charge on any atom is -0.476 e. The maximum Gasteiger partial charge on any atom is 0.356 e. The molecule has 4 aromatic rings. The van der Waals surface area contributed by atoms with Gasteiger partial charge in [0.25, 0.3) is 0 Å². The maximum absolute atomic E-state index is 11.5. The van der Waals surface area contributed by atoms with Crippen molar-refractivity contribution in [3.63, 3.8) is 0 Å². The Morgan fingerprint density at radius 3 is 2.91 bits per heavy atom. The van der Waals surface area contributed by atoms with Gasteiger partial charge in [0.1, 0.15) is 5.65 Å². The van der Waals surface area contributed by atoms with Crippen LogP contribution in [-0.4, -0.2) is 30.6 Å². The van der Waals surface area contributed by atoms with E-state index in [0.717, 1.165) is 0 Å². The summed E-state index contributed by atoms with van der Waals surface area (Å²) in [5, 5.41) is 13.2. The van der Waals surface area contributed by atoms with Crippen molar-refractivity contribution in [1.82, 2.24) is 19.5 Å². The van der Waals surface area contributed by atoms with Crippen LogP contribution in [0.2, 0.25) is 0 Å². The van der Waals surface area contributed by atoms with Crippen molar-refractivity contribution in [2.24, 2.45) is 0 Å². The molecule has 0 unspecified atom stereocenters. The van der Waals surface area contributed by atoms with E-state index in [1.54, 1.807) is 28.8 Å². The molecule has 0 atom stereocenters. The van der Waals surface area contributed by atoms with E-state index < -0.39 is 5.97 Å². The Balaban J connectivity index is 2.09. The number of carboxylic acids is 1. The molecule has 0 aliphatic heterocycles. The van der Waals surface area contributed by atoms with Gasteiger partial charge in [0, 0.05) is 11.8 Å². The Morgan fingerprint density at radius 2 is 2.23 bits per heavy atom. The summed E-state index contributed by atoms with van der Waals surface area (Å²) in [5.41, 5.74) is 1.99. The average Bonchev–Trinajstić information content (AvgIpc) is 3.25. The van der Waals surface area contributed by atoms with Crippen LogP contribution in [0.3, 0.4) is 0 Å². The lowest BCUT2D eigenvalue weighted by atomic mass is 10.2. The predicted molar refractivity (Wildman–Crippen MR) is 73.1 cm³/mol. The summed E-state index contributed by atoms with van der Waals surface area (Å²) in [6.45, 7) is 0. The van der Waals surface area contributed by atoms with Gasteiger partial charge < -0.3 is 14.0 Å². The standard InChI is InChI=1S/C14H8N4O4/c19-14(20)10-11(8-3-5-21-6-8)18-4-1-2-9(13(18)16-10)12-15-7-22-17-12/h1-7H,(H,19,20). The van der Waals surface area contributed by atoms with Crippen LogP contribution in [0.5, 0.6) is 0 Å². The summed E-state index contributed by atoms with van der Waals surface area (Å²) in [4.78, 5) is 19.7. The zero-order valence-electron chi connectivity index (χ0n) is 11.0. The molecule has 0 saturated heterocycles. The van der Waals surface area contributed by atoms with Crippen LogP contribution in [-0.2, 0) is 0 Å². The fourth-order valence-corrected chi connectivity index (χ4v) is 2.36. The highest BCUT2D eigenvalue weighted by atomic mass is 16.5. The third kappa shape index (κ3) is 1.71. The van der Waals surface area contributed by atoms with Gasteiger partial charge in [0.05, 0.1) is 23.8 Å². The molecule has 22 heavy (non-hydrogen) atoms. The Hall–Kier alpha value is -3.42. The summed E-state index contributed by atoms with van der Waals surface area (Å²) >= 11 is 0. The van der Waals surface area contributed by atoms with Gasteiger partial charge in [0.15, 0.2) is 5.69 Å². The number of imidazole rings is 1. The average molecular weight is 296 g/mol. The monoisotopic (exact) mass is 296 g/mol. The first-order valence-electron chi connectivity index (χ1n) is 6.29. The second-order valence-corrected chi connectivity index (χ2v) is 4.50. The zero-order valence-corrected chi connectivity index (χ0v) is 11.0. The van der Waals surface area contributed by atoms with Crippen molar-refractivity contribution in [2.75, 3.05) is 0 Å².